The Kier molecular flexibility index (Phi) is 7.83. The summed E-state index contributed by atoms with van der Waals surface area (Å²) >= 11 is 1.90. The van der Waals surface area contributed by atoms with Gasteiger partial charge in [-0.3, -0.25) is 0 Å². The van der Waals surface area contributed by atoms with Crippen molar-refractivity contribution < 1.29 is 0 Å². The first-order valence-electron chi connectivity index (χ1n) is 22.3. The Balaban J connectivity index is 0.976. The normalized spacial score (nSPS) is 14.8. The van der Waals surface area contributed by atoms with Gasteiger partial charge in [0.25, 0.3) is 0 Å². The number of hydrogen-bond donors (Lipinski definition) is 0. The maximum absolute atomic E-state index is 2.55. The third-order valence-electron chi connectivity index (χ3n) is 13.9. The van der Waals surface area contributed by atoms with Crippen molar-refractivity contribution in [3.63, 3.8) is 0 Å². The highest BCUT2D eigenvalue weighted by Crippen LogP contribution is 2.61. The van der Waals surface area contributed by atoms with Crippen molar-refractivity contribution in [1.82, 2.24) is 9.13 Å². The number of nitrogens with zero attached hydrogens (tertiary/aromatic N) is 3. The Morgan fingerprint density at radius 1 is 0.338 bits per heavy atom. The Labute approximate surface area is 381 Å². The second-order valence-electron chi connectivity index (χ2n) is 17.2. The molecule has 2 aliphatic heterocycles. The van der Waals surface area contributed by atoms with Crippen LogP contribution in [-0.2, 0) is 5.41 Å². The number of fused-ring (bicyclic) bond motifs is 14. The van der Waals surface area contributed by atoms with E-state index in [4.69, 9.17) is 0 Å². The van der Waals surface area contributed by atoms with E-state index in [2.05, 4.69) is 251 Å². The minimum Gasteiger partial charge on any atom is -0.311 e. The van der Waals surface area contributed by atoms with Crippen LogP contribution in [0.15, 0.2) is 246 Å². The molecule has 0 radical (unpaired) electrons. The molecule has 65 heavy (non-hydrogen) atoms. The number of aromatic nitrogens is 2. The molecule has 3 nitrogen and oxygen atoms in total. The molecule has 0 fully saturated rings. The van der Waals surface area contributed by atoms with Gasteiger partial charge in [-0.05, 0) is 118 Å². The van der Waals surface area contributed by atoms with E-state index in [1.165, 1.54) is 92.5 Å². The first-order valence-corrected chi connectivity index (χ1v) is 23.2. The molecule has 304 valence electrons. The first kappa shape index (κ1) is 36.4. The Morgan fingerprint density at radius 3 is 1.66 bits per heavy atom. The van der Waals surface area contributed by atoms with Crippen LogP contribution in [0.2, 0.25) is 0 Å². The lowest BCUT2D eigenvalue weighted by molar-refractivity contribution is 0.691. The van der Waals surface area contributed by atoms with E-state index >= 15 is 0 Å². The lowest BCUT2D eigenvalue weighted by atomic mass is 9.62. The number of hydrogen-bond acceptors (Lipinski definition) is 2. The van der Waals surface area contributed by atoms with E-state index < -0.39 is 5.41 Å². The van der Waals surface area contributed by atoms with Gasteiger partial charge < -0.3 is 14.0 Å². The molecule has 0 aliphatic carbocycles. The molecule has 0 amide bonds. The predicted molar refractivity (Wildman–Crippen MR) is 271 cm³/mol. The van der Waals surface area contributed by atoms with Crippen LogP contribution in [0.25, 0.3) is 66.1 Å². The van der Waals surface area contributed by atoms with E-state index in [1.54, 1.807) is 0 Å². The van der Waals surface area contributed by atoms with E-state index in [1.807, 2.05) is 11.8 Å². The minimum atomic E-state index is -0.545. The summed E-state index contributed by atoms with van der Waals surface area (Å²) in [4.78, 5) is 4.92. The van der Waals surface area contributed by atoms with Gasteiger partial charge in [0.2, 0.25) is 0 Å². The van der Waals surface area contributed by atoms with Gasteiger partial charge in [-0.25, -0.2) is 0 Å². The molecule has 12 aromatic rings. The molecule has 0 saturated heterocycles. The van der Waals surface area contributed by atoms with E-state index in [0.717, 1.165) is 22.7 Å². The first-order chi connectivity index (χ1) is 32.3. The van der Waals surface area contributed by atoms with Crippen molar-refractivity contribution in [3.05, 3.63) is 259 Å². The molecule has 14 rings (SSSR count). The molecule has 0 N–H and O–H groups in total. The molecule has 2 aliphatic rings. The van der Waals surface area contributed by atoms with Crippen molar-refractivity contribution in [3.8, 4) is 22.5 Å². The molecule has 1 unspecified atom stereocenters. The number of rotatable bonds is 5. The largest absolute Gasteiger partial charge is 0.311 e. The molecular formula is C61H39N3S. The van der Waals surface area contributed by atoms with Gasteiger partial charge in [0.05, 0.1) is 33.2 Å². The second kappa shape index (κ2) is 14.0. The molecule has 1 spiro atoms. The van der Waals surface area contributed by atoms with Crippen molar-refractivity contribution in [2.45, 2.75) is 15.2 Å². The van der Waals surface area contributed by atoms with Crippen molar-refractivity contribution >= 4 is 72.4 Å². The highest BCUT2D eigenvalue weighted by Gasteiger charge is 2.49. The molecule has 4 heteroatoms. The number of para-hydroxylation sites is 5. The van der Waals surface area contributed by atoms with Crippen LogP contribution in [-0.4, -0.2) is 9.13 Å². The standard InChI is InChI=1S/C61H39N3S/c1-3-16-40(17-4-1)41-30-32-43(33-31-41)62(42-18-5-2-6-19-42)44-34-36-45(37-35-44)63-54-26-11-8-21-47(54)49-38-53-59(39-57(49)63)65-58-29-14-10-24-51(58)61(53)50-23-9-13-28-56(50)64-55-27-12-7-20-46(55)48-22-15-25-52(61)60(48)64/h1-39H. The molecule has 1 atom stereocenters. The van der Waals surface area contributed by atoms with Gasteiger partial charge >= 0.3 is 0 Å². The predicted octanol–water partition coefficient (Wildman–Crippen LogP) is 16.2. The fourth-order valence-corrected chi connectivity index (χ4v) is 12.5. The SMILES string of the molecule is c1ccc(-c2ccc(N(c3ccccc3)c3ccc(-n4c5ccccc5c5cc6c(cc54)Sc4ccccc4C64c5ccccc5-n5c6ccccc6c6cccc4c65)cc3)cc2)cc1. The van der Waals surface area contributed by atoms with Crippen LogP contribution in [0.4, 0.5) is 17.1 Å². The molecule has 10 aromatic carbocycles. The zero-order chi connectivity index (χ0) is 42.6. The summed E-state index contributed by atoms with van der Waals surface area (Å²) in [5.74, 6) is 0. The van der Waals surface area contributed by atoms with Crippen LogP contribution in [0.5, 0.6) is 0 Å². The third-order valence-corrected chi connectivity index (χ3v) is 15.1. The minimum absolute atomic E-state index is 0.545. The van der Waals surface area contributed by atoms with Crippen LogP contribution in [0.3, 0.4) is 0 Å². The van der Waals surface area contributed by atoms with Crippen molar-refractivity contribution in [2.75, 3.05) is 4.90 Å². The fourth-order valence-electron chi connectivity index (χ4n) is 11.3. The summed E-state index contributed by atoms with van der Waals surface area (Å²) in [5.41, 5.74) is 17.8. The van der Waals surface area contributed by atoms with Crippen LogP contribution >= 0.6 is 11.8 Å². The highest BCUT2D eigenvalue weighted by atomic mass is 32.2. The smallest absolute Gasteiger partial charge is 0.0764 e. The zero-order valence-electron chi connectivity index (χ0n) is 35.3. The Morgan fingerprint density at radius 2 is 0.892 bits per heavy atom. The van der Waals surface area contributed by atoms with Gasteiger partial charge in [-0.2, -0.15) is 0 Å². The monoisotopic (exact) mass is 845 g/mol. The molecule has 4 heterocycles. The average molecular weight is 846 g/mol. The summed E-state index contributed by atoms with van der Waals surface area (Å²) in [7, 11) is 0. The van der Waals surface area contributed by atoms with Gasteiger partial charge in [0, 0.05) is 54.1 Å². The lowest BCUT2D eigenvalue weighted by Gasteiger charge is -2.45. The Bertz CT molecular complexity index is 3850. The van der Waals surface area contributed by atoms with Gasteiger partial charge in [-0.15, -0.1) is 0 Å². The summed E-state index contributed by atoms with van der Waals surface area (Å²) in [5, 5.41) is 5.07. The van der Waals surface area contributed by atoms with Gasteiger partial charge in [-0.1, -0.05) is 163 Å². The zero-order valence-corrected chi connectivity index (χ0v) is 36.1. The lowest BCUT2D eigenvalue weighted by Crippen LogP contribution is -2.37. The summed E-state index contributed by atoms with van der Waals surface area (Å²) in [6.07, 6.45) is 0. The third kappa shape index (κ3) is 5.14. The topological polar surface area (TPSA) is 13.1 Å². The maximum atomic E-state index is 2.55. The number of benzene rings is 10. The summed E-state index contributed by atoms with van der Waals surface area (Å²) < 4.78 is 4.99. The molecule has 0 bridgehead atoms. The van der Waals surface area contributed by atoms with Gasteiger partial charge in [0.15, 0.2) is 0 Å². The average Bonchev–Trinajstić information content (AvgIpc) is 3.89. The van der Waals surface area contributed by atoms with Crippen molar-refractivity contribution in [2.24, 2.45) is 0 Å². The van der Waals surface area contributed by atoms with Crippen molar-refractivity contribution in [1.29, 1.82) is 0 Å². The van der Waals surface area contributed by atoms with E-state index in [-0.39, 0.29) is 0 Å². The number of anilines is 3. The molecular weight excluding hydrogens is 807 g/mol. The fraction of sp³-hybridized carbons (Fsp3) is 0.0164. The quantitative estimate of drug-likeness (QED) is 0.171. The van der Waals surface area contributed by atoms with E-state index in [9.17, 15) is 0 Å². The maximum Gasteiger partial charge on any atom is 0.0764 e. The van der Waals surface area contributed by atoms with E-state index in [0.29, 0.717) is 0 Å². The molecule has 0 saturated carbocycles. The Hall–Kier alpha value is -8.05. The van der Waals surface area contributed by atoms with Crippen LogP contribution < -0.4 is 4.90 Å². The summed E-state index contributed by atoms with van der Waals surface area (Å²) in [6, 6.07) is 87.4. The van der Waals surface area contributed by atoms with Crippen LogP contribution in [0.1, 0.15) is 22.3 Å². The summed E-state index contributed by atoms with van der Waals surface area (Å²) in [6.45, 7) is 0. The van der Waals surface area contributed by atoms with Crippen LogP contribution in [0, 0.1) is 0 Å². The van der Waals surface area contributed by atoms with Gasteiger partial charge in [0.1, 0.15) is 0 Å². The second-order valence-corrected chi connectivity index (χ2v) is 18.3. The highest BCUT2D eigenvalue weighted by molar-refractivity contribution is 7.99. The molecule has 2 aromatic heterocycles.